The summed E-state index contributed by atoms with van der Waals surface area (Å²) in [6.07, 6.45) is 1.75. The minimum atomic E-state index is -0.797. The third-order valence-electron chi connectivity index (χ3n) is 1.81. The van der Waals surface area contributed by atoms with Crippen LogP contribution in [0.15, 0.2) is 24.3 Å². The molecule has 0 saturated heterocycles. The van der Waals surface area contributed by atoms with Gasteiger partial charge in [-0.15, -0.1) is 0 Å². The Morgan fingerprint density at radius 1 is 1.33 bits per heavy atom. The summed E-state index contributed by atoms with van der Waals surface area (Å²) in [6, 6.07) is 4.18. The molecule has 0 aliphatic heterocycles. The molecular formula is C10H10F2. The van der Waals surface area contributed by atoms with Crippen molar-refractivity contribution in [1.29, 1.82) is 0 Å². The Balaban J connectivity index is 3.26. The molecule has 0 amide bonds. The van der Waals surface area contributed by atoms with E-state index in [1.807, 2.05) is 0 Å². The lowest BCUT2D eigenvalue weighted by Crippen LogP contribution is -1.90. The molecule has 0 saturated carbocycles. The molecule has 0 radical (unpaired) electrons. The van der Waals surface area contributed by atoms with Gasteiger partial charge in [0.15, 0.2) is 11.6 Å². The van der Waals surface area contributed by atoms with Crippen LogP contribution in [0.4, 0.5) is 8.78 Å². The minimum Gasteiger partial charge on any atom is -0.204 e. The molecule has 0 nitrogen and oxygen atoms in total. The summed E-state index contributed by atoms with van der Waals surface area (Å²) in [5.74, 6) is -1.57. The van der Waals surface area contributed by atoms with Gasteiger partial charge in [0.2, 0.25) is 0 Å². The third kappa shape index (κ3) is 1.52. The predicted octanol–water partition coefficient (Wildman–Crippen LogP) is 3.39. The number of halogens is 2. The first-order chi connectivity index (χ1) is 5.66. The Bertz CT molecular complexity index is 314. The highest BCUT2D eigenvalue weighted by Gasteiger charge is 2.07. The largest absolute Gasteiger partial charge is 0.204 e. The Labute approximate surface area is 70.5 Å². The van der Waals surface area contributed by atoms with Crippen LogP contribution in [0.25, 0.3) is 5.57 Å². The smallest absolute Gasteiger partial charge is 0.166 e. The monoisotopic (exact) mass is 168 g/mol. The van der Waals surface area contributed by atoms with E-state index < -0.39 is 11.6 Å². The first kappa shape index (κ1) is 8.91. The van der Waals surface area contributed by atoms with Crippen LogP contribution in [0.3, 0.4) is 0 Å². The molecule has 1 aromatic carbocycles. The molecule has 1 rings (SSSR count). The molecule has 0 atom stereocenters. The first-order valence-electron chi connectivity index (χ1n) is 3.74. The fraction of sp³-hybridized carbons (Fsp3) is 0.200. The van der Waals surface area contributed by atoms with E-state index in [-0.39, 0.29) is 0 Å². The van der Waals surface area contributed by atoms with E-state index in [1.165, 1.54) is 6.07 Å². The maximum Gasteiger partial charge on any atom is 0.166 e. The van der Waals surface area contributed by atoms with Crippen molar-refractivity contribution in [3.63, 3.8) is 0 Å². The Kier molecular flexibility index (Phi) is 2.58. The maximum atomic E-state index is 13.0. The quantitative estimate of drug-likeness (QED) is 0.603. The standard InChI is InChI=1S/C10H10F2/c1-3-7(2)8-5-4-6-9(11)10(8)12/h3-6H,1-2H3/b7-3-. The minimum absolute atomic E-state index is 0.331. The maximum absolute atomic E-state index is 13.0. The molecule has 0 N–H and O–H groups in total. The van der Waals surface area contributed by atoms with Crippen molar-refractivity contribution < 1.29 is 8.78 Å². The molecule has 0 aliphatic rings. The van der Waals surface area contributed by atoms with Gasteiger partial charge in [-0.05, 0) is 25.5 Å². The molecule has 0 spiro atoms. The molecule has 64 valence electrons. The van der Waals surface area contributed by atoms with Crippen LogP contribution in [0, 0.1) is 11.6 Å². The van der Waals surface area contributed by atoms with Gasteiger partial charge in [-0.2, -0.15) is 0 Å². The second-order valence-electron chi connectivity index (χ2n) is 2.57. The van der Waals surface area contributed by atoms with Crippen molar-refractivity contribution in [2.24, 2.45) is 0 Å². The highest BCUT2D eigenvalue weighted by Crippen LogP contribution is 2.19. The van der Waals surface area contributed by atoms with Gasteiger partial charge in [-0.25, -0.2) is 8.78 Å². The second-order valence-corrected chi connectivity index (χ2v) is 2.57. The summed E-state index contributed by atoms with van der Waals surface area (Å²) in [7, 11) is 0. The molecule has 1 aromatic rings. The zero-order chi connectivity index (χ0) is 9.14. The van der Waals surface area contributed by atoms with Crippen molar-refractivity contribution in [3.05, 3.63) is 41.5 Å². The van der Waals surface area contributed by atoms with Crippen LogP contribution in [0.2, 0.25) is 0 Å². The third-order valence-corrected chi connectivity index (χ3v) is 1.81. The molecule has 2 heteroatoms. The summed E-state index contributed by atoms with van der Waals surface area (Å²) in [5.41, 5.74) is 1.07. The summed E-state index contributed by atoms with van der Waals surface area (Å²) in [6.45, 7) is 3.54. The lowest BCUT2D eigenvalue weighted by molar-refractivity contribution is 0.506. The van der Waals surface area contributed by atoms with E-state index in [9.17, 15) is 8.78 Å². The summed E-state index contributed by atoms with van der Waals surface area (Å²) >= 11 is 0. The molecule has 0 bridgehead atoms. The first-order valence-corrected chi connectivity index (χ1v) is 3.74. The van der Waals surface area contributed by atoms with Gasteiger partial charge in [-0.3, -0.25) is 0 Å². The molecule has 0 fully saturated rings. The fourth-order valence-corrected chi connectivity index (χ4v) is 0.964. The van der Waals surface area contributed by atoms with Crippen LogP contribution in [-0.2, 0) is 0 Å². The number of hydrogen-bond acceptors (Lipinski definition) is 0. The number of rotatable bonds is 1. The second kappa shape index (κ2) is 3.48. The van der Waals surface area contributed by atoms with Gasteiger partial charge in [-0.1, -0.05) is 18.2 Å². The van der Waals surface area contributed by atoms with Crippen LogP contribution in [0.1, 0.15) is 19.4 Å². The molecule has 12 heavy (non-hydrogen) atoms. The van der Waals surface area contributed by atoms with Crippen molar-refractivity contribution in [3.8, 4) is 0 Å². The van der Waals surface area contributed by atoms with Crippen molar-refractivity contribution >= 4 is 5.57 Å². The summed E-state index contributed by atoms with van der Waals surface area (Å²) in [4.78, 5) is 0. The van der Waals surface area contributed by atoms with Gasteiger partial charge in [0.05, 0.1) is 0 Å². The number of allylic oxidation sites excluding steroid dienone is 2. The number of hydrogen-bond donors (Lipinski definition) is 0. The van der Waals surface area contributed by atoms with E-state index in [0.29, 0.717) is 5.56 Å². The van der Waals surface area contributed by atoms with E-state index in [4.69, 9.17) is 0 Å². The van der Waals surface area contributed by atoms with Crippen molar-refractivity contribution in [2.45, 2.75) is 13.8 Å². The Hall–Kier alpha value is -1.18. The SMILES string of the molecule is C/C=C(/C)c1cccc(F)c1F. The van der Waals surface area contributed by atoms with Crippen molar-refractivity contribution in [1.82, 2.24) is 0 Å². The molecule has 0 aromatic heterocycles. The highest BCUT2D eigenvalue weighted by atomic mass is 19.2. The number of benzene rings is 1. The predicted molar refractivity (Wildman–Crippen MR) is 45.7 cm³/mol. The normalized spacial score (nSPS) is 11.8. The molecule has 0 unspecified atom stereocenters. The van der Waals surface area contributed by atoms with E-state index >= 15 is 0 Å². The average Bonchev–Trinajstić information content (AvgIpc) is 2.08. The fourth-order valence-electron chi connectivity index (χ4n) is 0.964. The van der Waals surface area contributed by atoms with Crippen LogP contribution in [-0.4, -0.2) is 0 Å². The van der Waals surface area contributed by atoms with Crippen molar-refractivity contribution in [2.75, 3.05) is 0 Å². The molecule has 0 aliphatic carbocycles. The van der Waals surface area contributed by atoms with E-state index in [0.717, 1.165) is 11.6 Å². The Morgan fingerprint density at radius 2 is 2.00 bits per heavy atom. The van der Waals surface area contributed by atoms with Gasteiger partial charge in [0, 0.05) is 5.56 Å². The average molecular weight is 168 g/mol. The zero-order valence-electron chi connectivity index (χ0n) is 7.07. The topological polar surface area (TPSA) is 0 Å². The van der Waals surface area contributed by atoms with E-state index in [2.05, 4.69) is 0 Å². The lowest BCUT2D eigenvalue weighted by atomic mass is 10.1. The van der Waals surface area contributed by atoms with Gasteiger partial charge in [0.1, 0.15) is 0 Å². The molecule has 0 heterocycles. The Morgan fingerprint density at radius 3 is 2.58 bits per heavy atom. The van der Waals surface area contributed by atoms with Gasteiger partial charge < -0.3 is 0 Å². The van der Waals surface area contributed by atoms with Crippen LogP contribution >= 0.6 is 0 Å². The van der Waals surface area contributed by atoms with Gasteiger partial charge >= 0.3 is 0 Å². The van der Waals surface area contributed by atoms with Crippen LogP contribution < -0.4 is 0 Å². The highest BCUT2D eigenvalue weighted by molar-refractivity contribution is 5.63. The summed E-state index contributed by atoms with van der Waals surface area (Å²) < 4.78 is 25.7. The molecular weight excluding hydrogens is 158 g/mol. The van der Waals surface area contributed by atoms with E-state index in [1.54, 1.807) is 26.0 Å². The van der Waals surface area contributed by atoms with Gasteiger partial charge in [0.25, 0.3) is 0 Å². The zero-order valence-corrected chi connectivity index (χ0v) is 7.07. The van der Waals surface area contributed by atoms with Crippen LogP contribution in [0.5, 0.6) is 0 Å². The summed E-state index contributed by atoms with van der Waals surface area (Å²) in [5, 5.41) is 0. The lowest BCUT2D eigenvalue weighted by Gasteiger charge is -2.02.